The smallest absolute Gasteiger partial charge is 0.254 e. The lowest BCUT2D eigenvalue weighted by Crippen LogP contribution is -2.14. The van der Waals surface area contributed by atoms with Crippen molar-refractivity contribution in [2.24, 2.45) is 11.7 Å². The Morgan fingerprint density at radius 2 is 2.14 bits per heavy atom. The number of amides is 1. The zero-order valence-corrected chi connectivity index (χ0v) is 12.1. The quantitative estimate of drug-likeness (QED) is 0.906. The molecule has 0 spiro atoms. The summed E-state index contributed by atoms with van der Waals surface area (Å²) in [5.41, 5.74) is 6.62. The van der Waals surface area contributed by atoms with Gasteiger partial charge in [-0.2, -0.15) is 10.4 Å². The second-order valence-corrected chi connectivity index (χ2v) is 5.46. The maximum Gasteiger partial charge on any atom is 0.254 e. The Morgan fingerprint density at radius 1 is 1.36 bits per heavy atom. The van der Waals surface area contributed by atoms with E-state index in [-0.39, 0.29) is 12.0 Å². The van der Waals surface area contributed by atoms with E-state index in [1.807, 2.05) is 30.3 Å². The first kappa shape index (κ1) is 14.1. The fourth-order valence-electron chi connectivity index (χ4n) is 2.90. The lowest BCUT2D eigenvalue weighted by Gasteiger charge is -2.13. The van der Waals surface area contributed by atoms with Gasteiger partial charge in [-0.25, -0.2) is 0 Å². The SMILES string of the molecule is N#C[C@H]1CCC[C@@H]1n1cc(C(N)=O)c(Nc2ccccc2)n1. The first-order valence-electron chi connectivity index (χ1n) is 7.29. The predicted octanol–water partition coefficient (Wildman–Crippen LogP) is 2.59. The highest BCUT2D eigenvalue weighted by Crippen LogP contribution is 2.36. The van der Waals surface area contributed by atoms with Gasteiger partial charge in [0.1, 0.15) is 5.56 Å². The molecule has 0 aliphatic heterocycles. The molecule has 1 aromatic carbocycles. The van der Waals surface area contributed by atoms with Gasteiger partial charge in [-0.3, -0.25) is 9.48 Å². The number of para-hydroxylation sites is 1. The van der Waals surface area contributed by atoms with Gasteiger partial charge in [-0.1, -0.05) is 18.2 Å². The number of nitrogens with zero attached hydrogens (tertiary/aromatic N) is 3. The molecule has 6 heteroatoms. The highest BCUT2D eigenvalue weighted by Gasteiger charge is 2.30. The number of benzene rings is 1. The molecule has 1 aliphatic carbocycles. The second-order valence-electron chi connectivity index (χ2n) is 5.46. The van der Waals surface area contributed by atoms with Crippen LogP contribution in [0, 0.1) is 17.2 Å². The van der Waals surface area contributed by atoms with E-state index in [2.05, 4.69) is 16.5 Å². The van der Waals surface area contributed by atoms with Crippen LogP contribution in [0.25, 0.3) is 0 Å². The van der Waals surface area contributed by atoms with E-state index in [1.54, 1.807) is 10.9 Å². The monoisotopic (exact) mass is 295 g/mol. The molecule has 1 fully saturated rings. The molecule has 0 saturated heterocycles. The van der Waals surface area contributed by atoms with Crippen LogP contribution in [0.2, 0.25) is 0 Å². The number of hydrogen-bond donors (Lipinski definition) is 2. The molecule has 1 aliphatic rings. The first-order valence-corrected chi connectivity index (χ1v) is 7.29. The molecule has 112 valence electrons. The maximum absolute atomic E-state index is 11.7. The van der Waals surface area contributed by atoms with Gasteiger partial charge in [0.25, 0.3) is 5.91 Å². The van der Waals surface area contributed by atoms with Crippen molar-refractivity contribution < 1.29 is 4.79 Å². The van der Waals surface area contributed by atoms with Crippen molar-refractivity contribution in [2.75, 3.05) is 5.32 Å². The Balaban J connectivity index is 1.93. The molecule has 3 N–H and O–H groups in total. The van der Waals surface area contributed by atoms with Gasteiger partial charge in [0, 0.05) is 11.9 Å². The topological polar surface area (TPSA) is 96.7 Å². The number of nitrogens with two attached hydrogens (primary N) is 1. The van der Waals surface area contributed by atoms with Crippen molar-refractivity contribution in [2.45, 2.75) is 25.3 Å². The fourth-order valence-corrected chi connectivity index (χ4v) is 2.90. The largest absolute Gasteiger partial charge is 0.365 e. The third-order valence-electron chi connectivity index (χ3n) is 4.02. The summed E-state index contributed by atoms with van der Waals surface area (Å²) < 4.78 is 1.71. The van der Waals surface area contributed by atoms with Gasteiger partial charge in [-0.05, 0) is 31.4 Å². The van der Waals surface area contributed by atoms with Crippen molar-refractivity contribution in [3.05, 3.63) is 42.1 Å². The summed E-state index contributed by atoms with van der Waals surface area (Å²) in [4.78, 5) is 11.7. The average Bonchev–Trinajstić information content (AvgIpc) is 3.14. The van der Waals surface area contributed by atoms with Crippen molar-refractivity contribution in [1.82, 2.24) is 9.78 Å². The maximum atomic E-state index is 11.7. The predicted molar refractivity (Wildman–Crippen MR) is 82.5 cm³/mol. The Kier molecular flexibility index (Phi) is 3.79. The minimum absolute atomic E-state index is 0.00873. The average molecular weight is 295 g/mol. The molecule has 1 amide bonds. The van der Waals surface area contributed by atoms with E-state index in [0.717, 1.165) is 24.9 Å². The molecule has 6 nitrogen and oxygen atoms in total. The Morgan fingerprint density at radius 3 is 2.82 bits per heavy atom. The van der Waals surface area contributed by atoms with Gasteiger partial charge in [0.2, 0.25) is 0 Å². The van der Waals surface area contributed by atoms with Crippen LogP contribution >= 0.6 is 0 Å². The van der Waals surface area contributed by atoms with Gasteiger partial charge < -0.3 is 11.1 Å². The molecule has 0 unspecified atom stereocenters. The third-order valence-corrected chi connectivity index (χ3v) is 4.02. The number of carbonyl (C=O) groups excluding carboxylic acids is 1. The van der Waals surface area contributed by atoms with Crippen LogP contribution in [0.5, 0.6) is 0 Å². The van der Waals surface area contributed by atoms with Crippen molar-refractivity contribution >= 4 is 17.4 Å². The summed E-state index contributed by atoms with van der Waals surface area (Å²) in [5.74, 6) is -0.163. The molecule has 1 saturated carbocycles. The zero-order chi connectivity index (χ0) is 15.5. The summed E-state index contributed by atoms with van der Waals surface area (Å²) in [5, 5.41) is 16.8. The lowest BCUT2D eigenvalue weighted by molar-refractivity contribution is 0.100. The van der Waals surface area contributed by atoms with Crippen LogP contribution < -0.4 is 11.1 Å². The van der Waals surface area contributed by atoms with E-state index in [4.69, 9.17) is 5.73 Å². The highest BCUT2D eigenvalue weighted by atomic mass is 16.1. The second kappa shape index (κ2) is 5.90. The number of aromatic nitrogens is 2. The number of rotatable bonds is 4. The first-order chi connectivity index (χ1) is 10.7. The number of nitriles is 1. The number of carbonyl (C=O) groups is 1. The molecule has 2 aromatic rings. The Labute approximate surface area is 128 Å². The molecular weight excluding hydrogens is 278 g/mol. The molecule has 1 heterocycles. The van der Waals surface area contributed by atoms with E-state index in [9.17, 15) is 10.1 Å². The zero-order valence-electron chi connectivity index (χ0n) is 12.1. The molecule has 1 aromatic heterocycles. The fraction of sp³-hybridized carbons (Fsp3) is 0.312. The van der Waals surface area contributed by atoms with Crippen LogP contribution in [0.1, 0.15) is 35.7 Å². The molecule has 3 rings (SSSR count). The summed E-state index contributed by atoms with van der Waals surface area (Å²) in [6, 6.07) is 11.8. The van der Waals surface area contributed by atoms with E-state index >= 15 is 0 Å². The van der Waals surface area contributed by atoms with Gasteiger partial charge in [-0.15, -0.1) is 0 Å². The molecule has 0 radical (unpaired) electrons. The van der Waals surface area contributed by atoms with Crippen LogP contribution in [-0.2, 0) is 0 Å². The number of anilines is 2. The highest BCUT2D eigenvalue weighted by molar-refractivity contribution is 5.98. The number of primary amides is 1. The van der Waals surface area contributed by atoms with Gasteiger partial charge in [0.15, 0.2) is 5.82 Å². The Bertz CT molecular complexity index is 716. The van der Waals surface area contributed by atoms with Crippen LogP contribution in [-0.4, -0.2) is 15.7 Å². The molecule has 22 heavy (non-hydrogen) atoms. The minimum Gasteiger partial charge on any atom is -0.365 e. The summed E-state index contributed by atoms with van der Waals surface area (Å²) >= 11 is 0. The van der Waals surface area contributed by atoms with Gasteiger partial charge >= 0.3 is 0 Å². The van der Waals surface area contributed by atoms with Crippen molar-refractivity contribution in [3.63, 3.8) is 0 Å². The van der Waals surface area contributed by atoms with Crippen LogP contribution in [0.4, 0.5) is 11.5 Å². The Hall–Kier alpha value is -2.81. The minimum atomic E-state index is -0.531. The van der Waals surface area contributed by atoms with Crippen LogP contribution in [0.3, 0.4) is 0 Å². The van der Waals surface area contributed by atoms with E-state index in [0.29, 0.717) is 11.4 Å². The van der Waals surface area contributed by atoms with Gasteiger partial charge in [0.05, 0.1) is 18.0 Å². The number of nitrogens with one attached hydrogen (secondary N) is 1. The normalized spacial score (nSPS) is 20.5. The molecule has 0 bridgehead atoms. The lowest BCUT2D eigenvalue weighted by atomic mass is 10.1. The van der Waals surface area contributed by atoms with E-state index < -0.39 is 5.91 Å². The van der Waals surface area contributed by atoms with Crippen molar-refractivity contribution in [3.8, 4) is 6.07 Å². The summed E-state index contributed by atoms with van der Waals surface area (Å²) in [6.07, 6.45) is 4.40. The molecule has 2 atom stereocenters. The summed E-state index contributed by atoms with van der Waals surface area (Å²) in [7, 11) is 0. The van der Waals surface area contributed by atoms with Crippen LogP contribution in [0.15, 0.2) is 36.5 Å². The standard InChI is InChI=1S/C16H17N5O/c17-9-11-5-4-8-14(11)21-10-13(15(18)22)16(20-21)19-12-6-2-1-3-7-12/h1-3,6-7,10-11,14H,4-5,8H2,(H2,18,22)(H,19,20)/t11-,14+/m1/s1. The number of hydrogen-bond acceptors (Lipinski definition) is 4. The van der Waals surface area contributed by atoms with Crippen molar-refractivity contribution in [1.29, 1.82) is 5.26 Å². The molecular formula is C16H17N5O. The third kappa shape index (κ3) is 2.66. The van der Waals surface area contributed by atoms with E-state index in [1.165, 1.54) is 0 Å². The summed E-state index contributed by atoms with van der Waals surface area (Å²) in [6.45, 7) is 0.